The Morgan fingerprint density at radius 1 is 1.12 bits per heavy atom. The summed E-state index contributed by atoms with van der Waals surface area (Å²) < 4.78 is 8.02. The van der Waals surface area contributed by atoms with Gasteiger partial charge in [0.25, 0.3) is 5.91 Å². The lowest BCUT2D eigenvalue weighted by atomic mass is 10.1. The minimum absolute atomic E-state index is 0.0724. The van der Waals surface area contributed by atoms with Gasteiger partial charge in [0, 0.05) is 12.1 Å². The minimum Gasteiger partial charge on any atom is -0.367 e. The maximum Gasteiger partial charge on any atom is 0.251 e. The highest BCUT2D eigenvalue weighted by Crippen LogP contribution is 2.24. The van der Waals surface area contributed by atoms with Crippen LogP contribution in [0.15, 0.2) is 66.9 Å². The normalized spacial score (nSPS) is 16.2. The number of hydrogen-bond donors (Lipinski definition) is 1. The quantitative estimate of drug-likeness (QED) is 0.799. The average molecular weight is 333 g/mol. The monoisotopic (exact) mass is 333 g/mol. The number of nitrogens with one attached hydrogen (secondary N) is 1. The number of ether oxygens (including phenoxy) is 1. The Morgan fingerprint density at radius 2 is 1.84 bits per heavy atom. The molecule has 1 aromatic heterocycles. The number of carbonyl (C=O) groups excluding carboxylic acids is 1. The van der Waals surface area contributed by atoms with Crippen molar-refractivity contribution in [2.45, 2.75) is 19.3 Å². The van der Waals surface area contributed by atoms with E-state index in [1.807, 2.05) is 42.6 Å². The van der Waals surface area contributed by atoms with E-state index in [-0.39, 0.29) is 12.0 Å². The van der Waals surface area contributed by atoms with Crippen LogP contribution in [0.3, 0.4) is 0 Å². The molecule has 2 aromatic carbocycles. The van der Waals surface area contributed by atoms with Gasteiger partial charge in [0.05, 0.1) is 24.5 Å². The van der Waals surface area contributed by atoms with Crippen molar-refractivity contribution in [1.82, 2.24) is 14.9 Å². The number of rotatable bonds is 4. The van der Waals surface area contributed by atoms with E-state index in [0.29, 0.717) is 25.3 Å². The Hall–Kier alpha value is -2.92. The molecular formula is C20H19N3O2. The van der Waals surface area contributed by atoms with Crippen molar-refractivity contribution < 1.29 is 9.53 Å². The van der Waals surface area contributed by atoms with Gasteiger partial charge in [-0.05, 0) is 17.7 Å². The van der Waals surface area contributed by atoms with Gasteiger partial charge in [-0.3, -0.25) is 4.79 Å². The van der Waals surface area contributed by atoms with Crippen molar-refractivity contribution in [3.63, 3.8) is 0 Å². The second-order valence-corrected chi connectivity index (χ2v) is 6.05. The van der Waals surface area contributed by atoms with Gasteiger partial charge >= 0.3 is 0 Å². The molecule has 25 heavy (non-hydrogen) atoms. The second-order valence-electron chi connectivity index (χ2n) is 6.05. The van der Waals surface area contributed by atoms with E-state index in [1.54, 1.807) is 12.1 Å². The molecule has 1 N–H and O–H groups in total. The number of carbonyl (C=O) groups is 1. The average Bonchev–Trinajstić information content (AvgIpc) is 3.10. The lowest BCUT2D eigenvalue weighted by Gasteiger charge is -2.26. The molecule has 4 rings (SSSR count). The van der Waals surface area contributed by atoms with Crippen molar-refractivity contribution in [3.05, 3.63) is 78.2 Å². The first kappa shape index (κ1) is 15.6. The molecule has 1 amide bonds. The van der Waals surface area contributed by atoms with Gasteiger partial charge in [-0.1, -0.05) is 48.5 Å². The fourth-order valence-corrected chi connectivity index (χ4v) is 3.04. The molecule has 0 bridgehead atoms. The minimum atomic E-state index is -0.0797. The van der Waals surface area contributed by atoms with E-state index in [9.17, 15) is 4.79 Å². The van der Waals surface area contributed by atoms with Crippen molar-refractivity contribution in [2.75, 3.05) is 6.54 Å². The lowest BCUT2D eigenvalue weighted by Crippen LogP contribution is -2.39. The summed E-state index contributed by atoms with van der Waals surface area (Å²) in [7, 11) is 0. The van der Waals surface area contributed by atoms with Crippen LogP contribution in [0.2, 0.25) is 0 Å². The summed E-state index contributed by atoms with van der Waals surface area (Å²) in [6, 6.07) is 19.4. The molecule has 1 atom stereocenters. The Bertz CT molecular complexity index is 859. The van der Waals surface area contributed by atoms with Crippen LogP contribution in [0.1, 0.15) is 16.2 Å². The molecule has 0 saturated carbocycles. The van der Waals surface area contributed by atoms with Crippen LogP contribution < -0.4 is 5.32 Å². The first-order valence-corrected chi connectivity index (χ1v) is 8.36. The summed E-state index contributed by atoms with van der Waals surface area (Å²) in [5.41, 5.74) is 2.88. The van der Waals surface area contributed by atoms with Crippen LogP contribution in [-0.4, -0.2) is 28.1 Å². The molecule has 0 radical (unpaired) electrons. The van der Waals surface area contributed by atoms with Crippen LogP contribution in [0, 0.1) is 0 Å². The molecule has 5 heteroatoms. The number of nitrogens with zero attached hydrogens (tertiary/aromatic N) is 2. The number of hydrogen-bond acceptors (Lipinski definition) is 3. The number of benzene rings is 2. The van der Waals surface area contributed by atoms with Crippen LogP contribution in [0.4, 0.5) is 0 Å². The first-order valence-electron chi connectivity index (χ1n) is 8.36. The highest BCUT2D eigenvalue weighted by atomic mass is 16.5. The largest absolute Gasteiger partial charge is 0.367 e. The van der Waals surface area contributed by atoms with Gasteiger partial charge < -0.3 is 14.6 Å². The highest BCUT2D eigenvalue weighted by Gasteiger charge is 2.23. The lowest BCUT2D eigenvalue weighted by molar-refractivity contribution is 0.00374. The number of fused-ring (bicyclic) bond motifs is 1. The standard InChI is InChI=1S/C20H19N3O2/c24-20(16-9-5-2-6-10-16)22-11-17-13-23-18(12-21-19(23)14-25-17)15-7-3-1-4-8-15/h1-10,12,17H,11,13-14H2,(H,22,24)/t17-/m0/s1. The van der Waals surface area contributed by atoms with Gasteiger partial charge in [0.15, 0.2) is 0 Å². The zero-order valence-electron chi connectivity index (χ0n) is 13.8. The predicted octanol–water partition coefficient (Wildman–Crippen LogP) is 2.88. The van der Waals surface area contributed by atoms with Gasteiger partial charge in [-0.2, -0.15) is 0 Å². The van der Waals surface area contributed by atoms with Crippen LogP contribution in [-0.2, 0) is 17.9 Å². The van der Waals surface area contributed by atoms with Crippen molar-refractivity contribution in [1.29, 1.82) is 0 Å². The second kappa shape index (κ2) is 6.91. The van der Waals surface area contributed by atoms with Gasteiger partial charge in [0.1, 0.15) is 12.4 Å². The van der Waals surface area contributed by atoms with Crippen LogP contribution in [0.25, 0.3) is 11.3 Å². The molecule has 2 heterocycles. The Balaban J connectivity index is 1.44. The molecule has 0 aliphatic carbocycles. The van der Waals surface area contributed by atoms with E-state index in [1.165, 1.54) is 0 Å². The number of imidazole rings is 1. The third-order valence-corrected chi connectivity index (χ3v) is 4.37. The SMILES string of the molecule is O=C(NC[C@H]1Cn2c(-c3ccccc3)cnc2CO1)c1ccccc1. The Morgan fingerprint density at radius 3 is 2.60 bits per heavy atom. The third-order valence-electron chi connectivity index (χ3n) is 4.37. The number of amides is 1. The molecule has 3 aromatic rings. The van der Waals surface area contributed by atoms with Crippen LogP contribution >= 0.6 is 0 Å². The fraction of sp³-hybridized carbons (Fsp3) is 0.200. The molecular weight excluding hydrogens is 314 g/mol. The third kappa shape index (κ3) is 3.32. The summed E-state index contributed by atoms with van der Waals surface area (Å²) in [6.07, 6.45) is 1.82. The van der Waals surface area contributed by atoms with E-state index in [4.69, 9.17) is 4.74 Å². The Labute approximate surface area is 146 Å². The van der Waals surface area contributed by atoms with Crippen LogP contribution in [0.5, 0.6) is 0 Å². The van der Waals surface area contributed by atoms with E-state index < -0.39 is 0 Å². The zero-order chi connectivity index (χ0) is 17.1. The summed E-state index contributed by atoms with van der Waals surface area (Å²) >= 11 is 0. The maximum atomic E-state index is 12.2. The molecule has 1 aliphatic heterocycles. The first-order chi connectivity index (χ1) is 12.3. The summed E-state index contributed by atoms with van der Waals surface area (Å²) in [4.78, 5) is 16.6. The smallest absolute Gasteiger partial charge is 0.251 e. The molecule has 0 unspecified atom stereocenters. The molecule has 5 nitrogen and oxygen atoms in total. The molecule has 0 saturated heterocycles. The maximum absolute atomic E-state index is 12.2. The Kier molecular flexibility index (Phi) is 4.31. The predicted molar refractivity (Wildman–Crippen MR) is 95.0 cm³/mol. The molecule has 0 spiro atoms. The zero-order valence-corrected chi connectivity index (χ0v) is 13.8. The van der Waals surface area contributed by atoms with Crippen molar-refractivity contribution in [3.8, 4) is 11.3 Å². The molecule has 0 fully saturated rings. The summed E-state index contributed by atoms with van der Waals surface area (Å²) in [5, 5.41) is 2.95. The molecule has 126 valence electrons. The fourth-order valence-electron chi connectivity index (χ4n) is 3.04. The highest BCUT2D eigenvalue weighted by molar-refractivity contribution is 5.94. The van der Waals surface area contributed by atoms with Crippen molar-refractivity contribution in [2.24, 2.45) is 0 Å². The van der Waals surface area contributed by atoms with Crippen molar-refractivity contribution >= 4 is 5.91 Å². The summed E-state index contributed by atoms with van der Waals surface area (Å²) in [5.74, 6) is 0.841. The number of aromatic nitrogens is 2. The van der Waals surface area contributed by atoms with E-state index in [2.05, 4.69) is 27.0 Å². The molecule has 1 aliphatic rings. The van der Waals surface area contributed by atoms with Gasteiger partial charge in [-0.15, -0.1) is 0 Å². The van der Waals surface area contributed by atoms with E-state index in [0.717, 1.165) is 17.1 Å². The van der Waals surface area contributed by atoms with E-state index >= 15 is 0 Å². The topological polar surface area (TPSA) is 56.2 Å². The van der Waals surface area contributed by atoms with Gasteiger partial charge in [-0.25, -0.2) is 4.98 Å². The van der Waals surface area contributed by atoms with Gasteiger partial charge in [0.2, 0.25) is 0 Å². The summed E-state index contributed by atoms with van der Waals surface area (Å²) in [6.45, 7) is 1.60.